The molecule has 0 aliphatic heterocycles. The summed E-state index contributed by atoms with van der Waals surface area (Å²) in [7, 11) is 1.64. The number of carbonyl (C=O) groups is 1. The summed E-state index contributed by atoms with van der Waals surface area (Å²) in [4.78, 5) is 25.9. The van der Waals surface area contributed by atoms with Gasteiger partial charge in [0.15, 0.2) is 0 Å². The fourth-order valence-electron chi connectivity index (χ4n) is 1.74. The lowest BCUT2D eigenvalue weighted by atomic mass is 10.2. The molecule has 0 radical (unpaired) electrons. The van der Waals surface area contributed by atoms with Crippen LogP contribution in [0.15, 0.2) is 36.7 Å². The van der Waals surface area contributed by atoms with Crippen molar-refractivity contribution >= 4 is 23.0 Å². The minimum atomic E-state index is -0.806. The second-order valence-corrected chi connectivity index (χ2v) is 4.08. The largest absolute Gasteiger partial charge is 0.387 e. The van der Waals surface area contributed by atoms with Crippen LogP contribution in [0.25, 0.3) is 0 Å². The second-order valence-electron chi connectivity index (χ2n) is 4.08. The van der Waals surface area contributed by atoms with Crippen molar-refractivity contribution in [2.24, 2.45) is 0 Å². The van der Waals surface area contributed by atoms with Gasteiger partial charge in [-0.05, 0) is 12.1 Å². The summed E-state index contributed by atoms with van der Waals surface area (Å²) in [5, 5.41) is 15.9. The van der Waals surface area contributed by atoms with Gasteiger partial charge in [-0.3, -0.25) is 19.9 Å². The number of rotatable bonds is 4. The van der Waals surface area contributed by atoms with E-state index < -0.39 is 22.3 Å². The zero-order chi connectivity index (χ0) is 15.4. The van der Waals surface area contributed by atoms with Gasteiger partial charge in [0, 0.05) is 31.2 Å². The summed E-state index contributed by atoms with van der Waals surface area (Å²) >= 11 is 0. The number of nitrogens with zero attached hydrogens (tertiary/aromatic N) is 2. The first-order chi connectivity index (χ1) is 10.0. The third-order valence-electron chi connectivity index (χ3n) is 2.69. The molecule has 0 atom stereocenters. The molecule has 1 amide bonds. The zero-order valence-electron chi connectivity index (χ0n) is 11.0. The van der Waals surface area contributed by atoms with Gasteiger partial charge >= 0.3 is 0 Å². The van der Waals surface area contributed by atoms with E-state index in [4.69, 9.17) is 0 Å². The summed E-state index contributed by atoms with van der Waals surface area (Å²) in [6.45, 7) is 0. The number of hydrogen-bond acceptors (Lipinski definition) is 5. The molecule has 1 aromatic heterocycles. The molecular formula is C13H11FN4O3. The van der Waals surface area contributed by atoms with Gasteiger partial charge in [0.2, 0.25) is 0 Å². The van der Waals surface area contributed by atoms with Crippen molar-refractivity contribution in [3.63, 3.8) is 0 Å². The molecule has 21 heavy (non-hydrogen) atoms. The van der Waals surface area contributed by atoms with Crippen LogP contribution in [0, 0.1) is 15.9 Å². The van der Waals surface area contributed by atoms with Gasteiger partial charge in [-0.2, -0.15) is 0 Å². The molecular weight excluding hydrogens is 279 g/mol. The Kier molecular flexibility index (Phi) is 4.07. The lowest BCUT2D eigenvalue weighted by Crippen LogP contribution is -2.14. The quantitative estimate of drug-likeness (QED) is 0.665. The van der Waals surface area contributed by atoms with Gasteiger partial charge in [0.25, 0.3) is 11.6 Å². The Labute approximate surface area is 119 Å². The van der Waals surface area contributed by atoms with Crippen LogP contribution in [0.4, 0.5) is 21.5 Å². The molecule has 1 aromatic carbocycles. The van der Waals surface area contributed by atoms with Crippen molar-refractivity contribution in [2.75, 3.05) is 17.7 Å². The molecule has 8 heteroatoms. The molecule has 0 bridgehead atoms. The normalized spacial score (nSPS) is 10.0. The van der Waals surface area contributed by atoms with Crippen LogP contribution < -0.4 is 10.6 Å². The number of carbonyl (C=O) groups excluding carboxylic acids is 1. The lowest BCUT2D eigenvalue weighted by Gasteiger charge is -2.09. The van der Waals surface area contributed by atoms with E-state index in [0.29, 0.717) is 5.69 Å². The first-order valence-electron chi connectivity index (χ1n) is 5.89. The molecule has 7 nitrogen and oxygen atoms in total. The number of non-ortho nitro benzene ring substituents is 1. The summed E-state index contributed by atoms with van der Waals surface area (Å²) in [5.41, 5.74) is 0.336. The molecule has 2 aromatic rings. The Morgan fingerprint density at radius 3 is 2.81 bits per heavy atom. The average Bonchev–Trinajstić information content (AvgIpc) is 2.46. The van der Waals surface area contributed by atoms with Crippen LogP contribution in [-0.4, -0.2) is 22.9 Å². The molecule has 0 spiro atoms. The van der Waals surface area contributed by atoms with E-state index in [2.05, 4.69) is 15.6 Å². The molecule has 0 aliphatic rings. The van der Waals surface area contributed by atoms with E-state index in [1.54, 1.807) is 13.1 Å². The lowest BCUT2D eigenvalue weighted by molar-refractivity contribution is -0.385. The Morgan fingerprint density at radius 2 is 2.14 bits per heavy atom. The first-order valence-corrected chi connectivity index (χ1v) is 5.89. The van der Waals surface area contributed by atoms with Crippen LogP contribution >= 0.6 is 0 Å². The molecule has 0 unspecified atom stereocenters. The van der Waals surface area contributed by atoms with E-state index in [-0.39, 0.29) is 11.3 Å². The van der Waals surface area contributed by atoms with Crippen molar-refractivity contribution < 1.29 is 14.1 Å². The summed E-state index contributed by atoms with van der Waals surface area (Å²) in [5.74, 6) is -1.35. The van der Waals surface area contributed by atoms with Crippen LogP contribution in [-0.2, 0) is 0 Å². The number of nitro groups is 1. The summed E-state index contributed by atoms with van der Waals surface area (Å²) < 4.78 is 13.3. The Hall–Kier alpha value is -3.03. The molecule has 0 saturated carbocycles. The molecule has 108 valence electrons. The SMILES string of the molecule is CNc1ccncc1C(=O)Nc1cc(F)cc([N+](=O)[O-])c1. The van der Waals surface area contributed by atoms with Crippen LogP contribution in [0.1, 0.15) is 10.4 Å². The number of amides is 1. The van der Waals surface area contributed by atoms with E-state index in [1.165, 1.54) is 12.4 Å². The highest BCUT2D eigenvalue weighted by Crippen LogP contribution is 2.21. The highest BCUT2D eigenvalue weighted by Gasteiger charge is 2.14. The molecule has 2 rings (SSSR count). The number of aromatic nitrogens is 1. The minimum Gasteiger partial charge on any atom is -0.387 e. The fourth-order valence-corrected chi connectivity index (χ4v) is 1.74. The number of benzene rings is 1. The van der Waals surface area contributed by atoms with Crippen molar-refractivity contribution in [3.05, 3.63) is 58.2 Å². The number of hydrogen-bond donors (Lipinski definition) is 2. The molecule has 0 aliphatic carbocycles. The molecule has 0 saturated heterocycles. The van der Waals surface area contributed by atoms with Crippen LogP contribution in [0.3, 0.4) is 0 Å². The molecule has 1 heterocycles. The zero-order valence-corrected chi connectivity index (χ0v) is 11.0. The number of nitrogens with one attached hydrogen (secondary N) is 2. The topological polar surface area (TPSA) is 97.2 Å². The van der Waals surface area contributed by atoms with Gasteiger partial charge in [-0.1, -0.05) is 0 Å². The monoisotopic (exact) mass is 290 g/mol. The highest BCUT2D eigenvalue weighted by molar-refractivity contribution is 6.07. The van der Waals surface area contributed by atoms with Crippen molar-refractivity contribution in [1.82, 2.24) is 4.98 Å². The van der Waals surface area contributed by atoms with Crippen LogP contribution in [0.5, 0.6) is 0 Å². The van der Waals surface area contributed by atoms with Crippen molar-refractivity contribution in [3.8, 4) is 0 Å². The van der Waals surface area contributed by atoms with Crippen LogP contribution in [0.2, 0.25) is 0 Å². The maximum atomic E-state index is 13.3. The van der Waals surface area contributed by atoms with Gasteiger partial charge < -0.3 is 10.6 Å². The molecule has 0 fully saturated rings. The van der Waals surface area contributed by atoms with E-state index >= 15 is 0 Å². The van der Waals surface area contributed by atoms with Gasteiger partial charge in [-0.15, -0.1) is 0 Å². The van der Waals surface area contributed by atoms with Gasteiger partial charge in [0.1, 0.15) is 5.82 Å². The van der Waals surface area contributed by atoms with E-state index in [9.17, 15) is 19.3 Å². The summed E-state index contributed by atoms with van der Waals surface area (Å²) in [6, 6.07) is 4.46. The van der Waals surface area contributed by atoms with E-state index in [1.807, 2.05) is 0 Å². The Morgan fingerprint density at radius 1 is 1.38 bits per heavy atom. The predicted molar refractivity (Wildman–Crippen MR) is 74.8 cm³/mol. The number of pyridine rings is 1. The van der Waals surface area contributed by atoms with Crippen molar-refractivity contribution in [1.29, 1.82) is 0 Å². The maximum absolute atomic E-state index is 13.3. The Bertz CT molecular complexity index is 706. The first kappa shape index (κ1) is 14.4. The standard InChI is InChI=1S/C13H11FN4O3/c1-15-12-2-3-16-7-11(12)13(19)17-9-4-8(14)5-10(6-9)18(20)21/h2-7H,1H3,(H,15,16)(H,17,19). The smallest absolute Gasteiger partial charge is 0.274 e. The Balaban J connectivity index is 2.29. The third kappa shape index (κ3) is 3.30. The summed E-state index contributed by atoms with van der Waals surface area (Å²) in [6.07, 6.45) is 2.85. The van der Waals surface area contributed by atoms with Gasteiger partial charge in [-0.25, -0.2) is 4.39 Å². The number of halogens is 1. The second kappa shape index (κ2) is 5.95. The van der Waals surface area contributed by atoms with E-state index in [0.717, 1.165) is 18.2 Å². The van der Waals surface area contributed by atoms with Crippen molar-refractivity contribution in [2.45, 2.75) is 0 Å². The molecule has 2 N–H and O–H groups in total. The third-order valence-corrected chi connectivity index (χ3v) is 2.69. The minimum absolute atomic E-state index is 0.00222. The van der Waals surface area contributed by atoms with Gasteiger partial charge in [0.05, 0.1) is 22.2 Å². The number of nitro benzene ring substituents is 1. The maximum Gasteiger partial charge on any atom is 0.274 e. The number of anilines is 2. The predicted octanol–water partition coefficient (Wildman–Crippen LogP) is 2.42. The highest BCUT2D eigenvalue weighted by atomic mass is 19.1. The average molecular weight is 290 g/mol. The fraction of sp³-hybridized carbons (Fsp3) is 0.0769.